The maximum Gasteiger partial charge on any atom is 0.312 e. The van der Waals surface area contributed by atoms with Crippen molar-refractivity contribution in [3.05, 3.63) is 0 Å². The smallest absolute Gasteiger partial charge is 0.312 e. The van der Waals surface area contributed by atoms with Gasteiger partial charge in [0.05, 0.1) is 12.0 Å². The van der Waals surface area contributed by atoms with Crippen molar-refractivity contribution in [2.45, 2.75) is 149 Å². The van der Waals surface area contributed by atoms with Gasteiger partial charge >= 0.3 is 11.9 Å². The Bertz CT molecular complexity index is 465. The molecule has 0 radical (unpaired) electrons. The lowest BCUT2D eigenvalue weighted by atomic mass is 9.75. The highest BCUT2D eigenvalue weighted by atomic mass is 16.5. The summed E-state index contributed by atoms with van der Waals surface area (Å²) < 4.78 is 5.77. The Morgan fingerprint density at radius 3 is 1.58 bits per heavy atom. The molecule has 0 aromatic heterocycles. The van der Waals surface area contributed by atoms with E-state index >= 15 is 0 Å². The number of aliphatic hydroxyl groups is 1. The van der Waals surface area contributed by atoms with E-state index < -0.39 is 11.4 Å². The number of aliphatic hydroxyl groups excluding tert-OH is 1. The predicted molar refractivity (Wildman–Crippen MR) is 136 cm³/mol. The fourth-order valence-corrected chi connectivity index (χ4v) is 4.61. The second-order valence-electron chi connectivity index (χ2n) is 9.84. The molecular weight excluding hydrogens is 416 g/mol. The van der Waals surface area contributed by atoms with Crippen LogP contribution in [-0.2, 0) is 14.3 Å². The summed E-state index contributed by atoms with van der Waals surface area (Å²) in [6, 6.07) is 0. The molecule has 0 fully saturated rings. The van der Waals surface area contributed by atoms with Crippen LogP contribution in [0.3, 0.4) is 0 Å². The van der Waals surface area contributed by atoms with Crippen molar-refractivity contribution in [2.24, 2.45) is 5.41 Å². The van der Waals surface area contributed by atoms with Crippen molar-refractivity contribution in [3.8, 4) is 0 Å². The first kappa shape index (κ1) is 31.9. The minimum Gasteiger partial charge on any atom is -0.481 e. The molecule has 0 heterocycles. The largest absolute Gasteiger partial charge is 0.481 e. The molecule has 0 spiro atoms. The summed E-state index contributed by atoms with van der Waals surface area (Å²) in [4.78, 5) is 23.8. The molecule has 0 rings (SSSR count). The third-order valence-corrected chi connectivity index (χ3v) is 6.81. The standard InChI is InChI=1S/C28H54O5/c1-3-5-7-9-13-17-21-28(23-24-29,22-18-14-11-12-16-20-26(30)31)27(32)33-25-19-15-10-8-6-4-2/h29H,3-25H2,1-2H3,(H,30,31). The average Bonchev–Trinajstić information content (AvgIpc) is 2.79. The van der Waals surface area contributed by atoms with Gasteiger partial charge in [-0.3, -0.25) is 9.59 Å². The van der Waals surface area contributed by atoms with Gasteiger partial charge in [-0.25, -0.2) is 0 Å². The third-order valence-electron chi connectivity index (χ3n) is 6.81. The van der Waals surface area contributed by atoms with Crippen LogP contribution in [-0.4, -0.2) is 35.4 Å². The maximum absolute atomic E-state index is 13.2. The molecule has 0 saturated heterocycles. The molecule has 1 unspecified atom stereocenters. The fourth-order valence-electron chi connectivity index (χ4n) is 4.61. The molecule has 2 N–H and O–H groups in total. The van der Waals surface area contributed by atoms with E-state index in [1.54, 1.807) is 0 Å². The van der Waals surface area contributed by atoms with Gasteiger partial charge in [0.15, 0.2) is 0 Å². The normalized spacial score (nSPS) is 13.1. The molecule has 0 bridgehead atoms. The Kier molecular flexibility index (Phi) is 21.9. The fraction of sp³-hybridized carbons (Fsp3) is 0.929. The molecule has 0 aliphatic rings. The van der Waals surface area contributed by atoms with Crippen LogP contribution in [0, 0.1) is 5.41 Å². The van der Waals surface area contributed by atoms with E-state index in [0.29, 0.717) is 13.0 Å². The summed E-state index contributed by atoms with van der Waals surface area (Å²) in [5, 5.41) is 18.5. The van der Waals surface area contributed by atoms with Gasteiger partial charge in [-0.1, -0.05) is 110 Å². The zero-order valence-electron chi connectivity index (χ0n) is 21.9. The van der Waals surface area contributed by atoms with Crippen LogP contribution in [0.2, 0.25) is 0 Å². The van der Waals surface area contributed by atoms with E-state index in [2.05, 4.69) is 13.8 Å². The van der Waals surface area contributed by atoms with Crippen LogP contribution in [0.4, 0.5) is 0 Å². The molecule has 0 amide bonds. The van der Waals surface area contributed by atoms with Crippen molar-refractivity contribution >= 4 is 11.9 Å². The number of carbonyl (C=O) groups excluding carboxylic acids is 1. The molecule has 5 heteroatoms. The Balaban J connectivity index is 4.64. The predicted octanol–water partition coefficient (Wildman–Crippen LogP) is 7.82. The van der Waals surface area contributed by atoms with Crippen molar-refractivity contribution in [3.63, 3.8) is 0 Å². The van der Waals surface area contributed by atoms with Crippen molar-refractivity contribution in [1.82, 2.24) is 0 Å². The Morgan fingerprint density at radius 2 is 1.09 bits per heavy atom. The van der Waals surface area contributed by atoms with Crippen LogP contribution < -0.4 is 0 Å². The summed E-state index contributed by atoms with van der Waals surface area (Å²) in [6.45, 7) is 4.93. The van der Waals surface area contributed by atoms with E-state index in [1.165, 1.54) is 51.4 Å². The van der Waals surface area contributed by atoms with Crippen LogP contribution >= 0.6 is 0 Å². The van der Waals surface area contributed by atoms with Gasteiger partial charge in [0.25, 0.3) is 0 Å². The topological polar surface area (TPSA) is 83.8 Å². The van der Waals surface area contributed by atoms with Gasteiger partial charge in [0, 0.05) is 13.0 Å². The molecule has 196 valence electrons. The number of rotatable bonds is 25. The lowest BCUT2D eigenvalue weighted by molar-refractivity contribution is -0.158. The Labute approximate surface area is 204 Å². The second-order valence-corrected chi connectivity index (χ2v) is 9.84. The highest BCUT2D eigenvalue weighted by molar-refractivity contribution is 5.76. The zero-order chi connectivity index (χ0) is 24.6. The van der Waals surface area contributed by atoms with Crippen LogP contribution in [0.5, 0.6) is 0 Å². The summed E-state index contributed by atoms with van der Waals surface area (Å²) in [7, 11) is 0. The van der Waals surface area contributed by atoms with Crippen LogP contribution in [0.25, 0.3) is 0 Å². The molecule has 0 saturated carbocycles. The Hall–Kier alpha value is -1.10. The monoisotopic (exact) mass is 470 g/mol. The van der Waals surface area contributed by atoms with E-state index in [0.717, 1.165) is 70.6 Å². The van der Waals surface area contributed by atoms with Gasteiger partial charge in [-0.15, -0.1) is 0 Å². The number of carbonyl (C=O) groups is 2. The summed E-state index contributed by atoms with van der Waals surface area (Å²) in [6.07, 6.45) is 20.9. The molecule has 5 nitrogen and oxygen atoms in total. The number of hydrogen-bond acceptors (Lipinski definition) is 4. The van der Waals surface area contributed by atoms with Gasteiger partial charge in [-0.2, -0.15) is 0 Å². The molecule has 33 heavy (non-hydrogen) atoms. The number of unbranched alkanes of at least 4 members (excludes halogenated alkanes) is 14. The zero-order valence-corrected chi connectivity index (χ0v) is 21.9. The first-order valence-electron chi connectivity index (χ1n) is 14.0. The molecule has 0 aliphatic heterocycles. The number of aliphatic carboxylic acids is 1. The lowest BCUT2D eigenvalue weighted by Gasteiger charge is -2.31. The van der Waals surface area contributed by atoms with E-state index in [9.17, 15) is 14.7 Å². The molecular formula is C28H54O5. The highest BCUT2D eigenvalue weighted by Gasteiger charge is 2.38. The summed E-state index contributed by atoms with van der Waals surface area (Å²) >= 11 is 0. The molecule has 1 atom stereocenters. The van der Waals surface area contributed by atoms with Crippen molar-refractivity contribution in [2.75, 3.05) is 13.2 Å². The maximum atomic E-state index is 13.2. The highest BCUT2D eigenvalue weighted by Crippen LogP contribution is 2.37. The minimum absolute atomic E-state index is 0.0144. The minimum atomic E-state index is -0.732. The van der Waals surface area contributed by atoms with Crippen molar-refractivity contribution in [1.29, 1.82) is 0 Å². The molecule has 0 aromatic rings. The number of ether oxygens (including phenoxy) is 1. The van der Waals surface area contributed by atoms with E-state index in [1.807, 2.05) is 0 Å². The number of carboxylic acids is 1. The van der Waals surface area contributed by atoms with E-state index in [4.69, 9.17) is 9.84 Å². The van der Waals surface area contributed by atoms with Gasteiger partial charge < -0.3 is 14.9 Å². The van der Waals surface area contributed by atoms with E-state index in [-0.39, 0.29) is 19.0 Å². The van der Waals surface area contributed by atoms with Gasteiger partial charge in [0.2, 0.25) is 0 Å². The third kappa shape index (κ3) is 18.0. The number of esters is 1. The van der Waals surface area contributed by atoms with Gasteiger partial charge in [-0.05, 0) is 32.1 Å². The molecule has 0 aromatic carbocycles. The first-order valence-corrected chi connectivity index (χ1v) is 14.0. The van der Waals surface area contributed by atoms with Gasteiger partial charge in [0.1, 0.15) is 0 Å². The quantitative estimate of drug-likeness (QED) is 0.105. The average molecular weight is 471 g/mol. The number of carboxylic acid groups (broad SMARTS) is 1. The Morgan fingerprint density at radius 1 is 0.636 bits per heavy atom. The number of hydrogen-bond donors (Lipinski definition) is 2. The summed E-state index contributed by atoms with van der Waals surface area (Å²) in [5.74, 6) is -0.839. The second kappa shape index (κ2) is 22.7. The first-order chi connectivity index (χ1) is 16.0. The van der Waals surface area contributed by atoms with Crippen molar-refractivity contribution < 1.29 is 24.5 Å². The molecule has 0 aliphatic carbocycles. The van der Waals surface area contributed by atoms with Crippen LogP contribution in [0.15, 0.2) is 0 Å². The van der Waals surface area contributed by atoms with Crippen LogP contribution in [0.1, 0.15) is 149 Å². The lowest BCUT2D eigenvalue weighted by Crippen LogP contribution is -2.34. The SMILES string of the molecule is CCCCCCCCOC(=O)C(CCO)(CCCCCCCC)CCCCCCCC(=O)O. The summed E-state index contributed by atoms with van der Waals surface area (Å²) in [5.41, 5.74) is -0.567.